The quantitative estimate of drug-likeness (QED) is 0.700. The van der Waals surface area contributed by atoms with E-state index in [1.165, 1.54) is 41.1 Å². The van der Waals surface area contributed by atoms with Gasteiger partial charge in [-0.05, 0) is 43.2 Å². The predicted octanol–water partition coefficient (Wildman–Crippen LogP) is 2.55. The van der Waals surface area contributed by atoms with E-state index in [1.54, 1.807) is 0 Å². The van der Waals surface area contributed by atoms with E-state index in [-0.39, 0.29) is 17.0 Å². The number of halogens is 1. The number of benzene rings is 1. The highest BCUT2D eigenvalue weighted by molar-refractivity contribution is 6.10. The third kappa shape index (κ3) is 2.84. The second-order valence-corrected chi connectivity index (χ2v) is 6.14. The number of rotatable bonds is 5. The molecule has 1 aliphatic rings. The number of nitrogens with zero attached hydrogens (tertiary/aromatic N) is 2. The van der Waals surface area contributed by atoms with Gasteiger partial charge in [0.15, 0.2) is 11.6 Å². The van der Waals surface area contributed by atoms with Gasteiger partial charge in [-0.3, -0.25) is 19.3 Å². The first-order valence-corrected chi connectivity index (χ1v) is 7.91. The van der Waals surface area contributed by atoms with Gasteiger partial charge in [-0.2, -0.15) is 5.10 Å². The number of primary amides is 1. The van der Waals surface area contributed by atoms with E-state index >= 15 is 0 Å². The van der Waals surface area contributed by atoms with Crippen molar-refractivity contribution in [3.8, 4) is 5.82 Å². The molecule has 1 fully saturated rings. The normalized spacial score (nSPS) is 13.8. The molecule has 1 saturated carbocycles. The van der Waals surface area contributed by atoms with Crippen molar-refractivity contribution in [2.75, 3.05) is 0 Å². The van der Waals surface area contributed by atoms with Gasteiger partial charge in [-0.25, -0.2) is 4.39 Å². The maximum atomic E-state index is 13.0. The molecule has 0 saturated heterocycles. The number of amides is 1. The molecular formula is C18H15FN4O2. The zero-order valence-electron chi connectivity index (χ0n) is 13.2. The fourth-order valence-corrected chi connectivity index (χ4v) is 2.79. The second-order valence-electron chi connectivity index (χ2n) is 6.14. The van der Waals surface area contributed by atoms with E-state index in [2.05, 4.69) is 10.2 Å². The van der Waals surface area contributed by atoms with Gasteiger partial charge in [0.05, 0.1) is 0 Å². The number of hydrogen-bond donors (Lipinski definition) is 2. The lowest BCUT2D eigenvalue weighted by Crippen LogP contribution is -2.15. The molecule has 0 atom stereocenters. The molecule has 1 aromatic carbocycles. The Morgan fingerprint density at radius 1 is 1.16 bits per heavy atom. The predicted molar refractivity (Wildman–Crippen MR) is 88.2 cm³/mol. The molecule has 4 rings (SSSR count). The third-order valence-corrected chi connectivity index (χ3v) is 4.29. The molecule has 0 aliphatic heterocycles. The summed E-state index contributed by atoms with van der Waals surface area (Å²) in [7, 11) is 0. The summed E-state index contributed by atoms with van der Waals surface area (Å²) < 4.78 is 14.5. The van der Waals surface area contributed by atoms with E-state index in [9.17, 15) is 14.0 Å². The lowest BCUT2D eigenvalue weighted by molar-refractivity contribution is 0.0993. The Morgan fingerprint density at radius 2 is 1.88 bits per heavy atom. The molecule has 0 bridgehead atoms. The summed E-state index contributed by atoms with van der Waals surface area (Å²) in [6, 6.07) is 8.52. The number of aromatic nitrogens is 3. The van der Waals surface area contributed by atoms with Gasteiger partial charge in [0.25, 0.3) is 5.91 Å². The van der Waals surface area contributed by atoms with Crippen LogP contribution in [0.5, 0.6) is 0 Å². The maximum Gasteiger partial charge on any atom is 0.265 e. The largest absolute Gasteiger partial charge is 0.364 e. The standard InChI is InChI=1S/C18H15FN4O2/c19-13-5-3-11(4-6-13)17(24)12-7-15(18(20)25)23(9-12)16-8-14(21-22-16)10-1-2-10/h3-10H,1-2H2,(H2,20,25)(H,21,22). The summed E-state index contributed by atoms with van der Waals surface area (Å²) in [5.41, 5.74) is 7.23. The van der Waals surface area contributed by atoms with E-state index in [4.69, 9.17) is 5.73 Å². The monoisotopic (exact) mass is 338 g/mol. The Labute approximate surface area is 142 Å². The van der Waals surface area contributed by atoms with E-state index in [0.29, 0.717) is 17.3 Å². The molecule has 1 amide bonds. The van der Waals surface area contributed by atoms with Gasteiger partial charge in [0, 0.05) is 35.0 Å². The Morgan fingerprint density at radius 3 is 2.52 bits per heavy atom. The molecule has 2 aromatic heterocycles. The third-order valence-electron chi connectivity index (χ3n) is 4.29. The highest BCUT2D eigenvalue weighted by Crippen LogP contribution is 2.39. The van der Waals surface area contributed by atoms with Crippen LogP contribution < -0.4 is 5.73 Å². The maximum absolute atomic E-state index is 13.0. The van der Waals surface area contributed by atoms with Crippen LogP contribution >= 0.6 is 0 Å². The SMILES string of the molecule is NC(=O)c1cc(C(=O)c2ccc(F)cc2)cn1-c1cc(C2CC2)[nH]n1. The molecule has 6 nitrogen and oxygen atoms in total. The highest BCUT2D eigenvalue weighted by Gasteiger charge is 2.26. The van der Waals surface area contributed by atoms with Gasteiger partial charge in [0.1, 0.15) is 11.5 Å². The smallest absolute Gasteiger partial charge is 0.265 e. The molecule has 0 unspecified atom stereocenters. The molecule has 25 heavy (non-hydrogen) atoms. The minimum absolute atomic E-state index is 0.166. The van der Waals surface area contributed by atoms with Crippen LogP contribution in [-0.2, 0) is 0 Å². The lowest BCUT2D eigenvalue weighted by atomic mass is 10.1. The van der Waals surface area contributed by atoms with Crippen LogP contribution in [0.25, 0.3) is 5.82 Å². The number of carbonyl (C=O) groups excluding carboxylic acids is 2. The number of carbonyl (C=O) groups is 2. The highest BCUT2D eigenvalue weighted by atomic mass is 19.1. The summed E-state index contributed by atoms with van der Waals surface area (Å²) >= 11 is 0. The average Bonchev–Trinajstić information content (AvgIpc) is 3.16. The van der Waals surface area contributed by atoms with E-state index in [0.717, 1.165) is 18.5 Å². The summed E-state index contributed by atoms with van der Waals surface area (Å²) in [5, 5.41) is 7.18. The first-order chi connectivity index (χ1) is 12.0. The molecular weight excluding hydrogens is 323 g/mol. The minimum Gasteiger partial charge on any atom is -0.364 e. The second kappa shape index (κ2) is 5.70. The van der Waals surface area contributed by atoms with Crippen molar-refractivity contribution in [2.24, 2.45) is 5.73 Å². The van der Waals surface area contributed by atoms with Crippen molar-refractivity contribution in [2.45, 2.75) is 18.8 Å². The summed E-state index contributed by atoms with van der Waals surface area (Å²) in [6.45, 7) is 0. The number of nitrogens with one attached hydrogen (secondary N) is 1. The number of hydrogen-bond acceptors (Lipinski definition) is 3. The zero-order valence-corrected chi connectivity index (χ0v) is 13.2. The van der Waals surface area contributed by atoms with Crippen molar-refractivity contribution < 1.29 is 14.0 Å². The zero-order chi connectivity index (χ0) is 17.6. The van der Waals surface area contributed by atoms with Crippen LogP contribution in [-0.4, -0.2) is 26.5 Å². The fraction of sp³-hybridized carbons (Fsp3) is 0.167. The molecule has 126 valence electrons. The summed E-state index contributed by atoms with van der Waals surface area (Å²) in [5.74, 6) is -0.410. The average molecular weight is 338 g/mol. The molecule has 7 heteroatoms. The number of aromatic amines is 1. The molecule has 0 spiro atoms. The van der Waals surface area contributed by atoms with Gasteiger partial charge < -0.3 is 5.73 Å². The summed E-state index contributed by atoms with van der Waals surface area (Å²) in [4.78, 5) is 24.4. The minimum atomic E-state index is -0.658. The van der Waals surface area contributed by atoms with E-state index in [1.807, 2.05) is 6.07 Å². The Hall–Kier alpha value is -3.22. The van der Waals surface area contributed by atoms with Gasteiger partial charge in [-0.15, -0.1) is 0 Å². The fourth-order valence-electron chi connectivity index (χ4n) is 2.79. The first kappa shape index (κ1) is 15.3. The van der Waals surface area contributed by atoms with Gasteiger partial charge in [-0.1, -0.05) is 0 Å². The molecule has 2 heterocycles. The number of nitrogens with two attached hydrogens (primary N) is 1. The number of H-pyrrole nitrogens is 1. The Kier molecular flexibility index (Phi) is 3.49. The van der Waals surface area contributed by atoms with Crippen molar-refractivity contribution in [1.82, 2.24) is 14.8 Å². The van der Waals surface area contributed by atoms with Crippen molar-refractivity contribution in [1.29, 1.82) is 0 Å². The van der Waals surface area contributed by atoms with Crippen molar-refractivity contribution in [3.05, 3.63) is 70.9 Å². The molecule has 3 N–H and O–H groups in total. The molecule has 3 aromatic rings. The van der Waals surface area contributed by atoms with Crippen LogP contribution in [0.15, 0.2) is 42.6 Å². The molecule has 0 radical (unpaired) electrons. The Balaban J connectivity index is 1.73. The lowest BCUT2D eigenvalue weighted by Gasteiger charge is -2.01. The van der Waals surface area contributed by atoms with Crippen molar-refractivity contribution >= 4 is 11.7 Å². The van der Waals surface area contributed by atoms with Crippen LogP contribution in [0.1, 0.15) is 50.9 Å². The van der Waals surface area contributed by atoms with Gasteiger partial charge >= 0.3 is 0 Å². The summed E-state index contributed by atoms with van der Waals surface area (Å²) in [6.07, 6.45) is 3.76. The van der Waals surface area contributed by atoms with Crippen molar-refractivity contribution in [3.63, 3.8) is 0 Å². The van der Waals surface area contributed by atoms with Crippen LogP contribution in [0.4, 0.5) is 4.39 Å². The first-order valence-electron chi connectivity index (χ1n) is 7.91. The van der Waals surface area contributed by atoms with Crippen LogP contribution in [0.2, 0.25) is 0 Å². The van der Waals surface area contributed by atoms with Crippen LogP contribution in [0, 0.1) is 5.82 Å². The topological polar surface area (TPSA) is 93.8 Å². The number of ketones is 1. The van der Waals surface area contributed by atoms with E-state index < -0.39 is 11.7 Å². The molecule has 1 aliphatic carbocycles. The van der Waals surface area contributed by atoms with Crippen LogP contribution in [0.3, 0.4) is 0 Å². The Bertz CT molecular complexity index is 967. The van der Waals surface area contributed by atoms with Gasteiger partial charge in [0.2, 0.25) is 0 Å².